The van der Waals surface area contributed by atoms with E-state index in [9.17, 15) is 9.59 Å². The second kappa shape index (κ2) is 5.69. The molecule has 1 saturated heterocycles. The molecule has 2 heterocycles. The second-order valence-corrected chi connectivity index (χ2v) is 6.18. The van der Waals surface area contributed by atoms with Gasteiger partial charge in [0.15, 0.2) is 5.13 Å². The largest absolute Gasteiger partial charge is 0.354 e. The van der Waals surface area contributed by atoms with Crippen LogP contribution in [0.1, 0.15) is 45.2 Å². The second-order valence-electron chi connectivity index (χ2n) is 5.33. The van der Waals surface area contributed by atoms with Crippen LogP contribution in [0.2, 0.25) is 0 Å². The average Bonchev–Trinajstić information content (AvgIpc) is 2.76. The van der Waals surface area contributed by atoms with Crippen molar-refractivity contribution >= 4 is 28.3 Å². The van der Waals surface area contributed by atoms with Crippen molar-refractivity contribution in [1.82, 2.24) is 10.3 Å². The van der Waals surface area contributed by atoms with Gasteiger partial charge in [-0.05, 0) is 19.3 Å². The minimum absolute atomic E-state index is 0.0547. The van der Waals surface area contributed by atoms with Gasteiger partial charge in [0.25, 0.3) is 0 Å². The van der Waals surface area contributed by atoms with Crippen LogP contribution < -0.4 is 10.6 Å². The molecule has 1 aliphatic rings. The molecule has 0 aliphatic carbocycles. The van der Waals surface area contributed by atoms with Gasteiger partial charge >= 0.3 is 0 Å². The number of hydrogen-bond donors (Lipinski definition) is 2. The first-order chi connectivity index (χ1) is 8.95. The van der Waals surface area contributed by atoms with Crippen LogP contribution in [-0.4, -0.2) is 22.8 Å². The molecule has 0 saturated carbocycles. The van der Waals surface area contributed by atoms with Crippen molar-refractivity contribution in [3.05, 3.63) is 11.1 Å². The first-order valence-corrected chi connectivity index (χ1v) is 7.39. The van der Waals surface area contributed by atoms with Gasteiger partial charge in [-0.15, -0.1) is 11.3 Å². The van der Waals surface area contributed by atoms with Crippen molar-refractivity contribution in [2.75, 3.05) is 5.32 Å². The molecule has 5 nitrogen and oxygen atoms in total. The first kappa shape index (κ1) is 14.0. The number of aromatic nitrogens is 1. The van der Waals surface area contributed by atoms with E-state index in [1.165, 1.54) is 11.3 Å². The van der Waals surface area contributed by atoms with Crippen LogP contribution >= 0.6 is 11.3 Å². The van der Waals surface area contributed by atoms with Gasteiger partial charge in [-0.25, -0.2) is 4.98 Å². The zero-order valence-corrected chi connectivity index (χ0v) is 12.2. The van der Waals surface area contributed by atoms with Gasteiger partial charge in [-0.3, -0.25) is 9.59 Å². The average molecular weight is 281 g/mol. The van der Waals surface area contributed by atoms with E-state index < -0.39 is 0 Å². The summed E-state index contributed by atoms with van der Waals surface area (Å²) in [6.07, 6.45) is 0.943. The Morgan fingerprint density at radius 1 is 1.58 bits per heavy atom. The topological polar surface area (TPSA) is 71.1 Å². The van der Waals surface area contributed by atoms with Gasteiger partial charge in [0.2, 0.25) is 11.8 Å². The molecular formula is C13H19N3O2S. The molecule has 0 spiro atoms. The maximum absolute atomic E-state index is 12.1. The Kier molecular flexibility index (Phi) is 4.19. The number of anilines is 1. The number of amides is 2. The molecule has 0 unspecified atom stereocenters. The Bertz CT molecular complexity index is 484. The van der Waals surface area contributed by atoms with Crippen LogP contribution in [0.3, 0.4) is 0 Å². The lowest BCUT2D eigenvalue weighted by atomic mass is 9.92. The van der Waals surface area contributed by atoms with Crippen LogP contribution in [0.4, 0.5) is 5.13 Å². The normalized spacial score (nSPS) is 23.3. The SMILES string of the molecule is CC(C)c1csc(NC(=O)[C@H]2CC(=O)N[C@@H](C)C2)n1. The van der Waals surface area contributed by atoms with Gasteiger partial charge in [0.05, 0.1) is 5.69 Å². The maximum Gasteiger partial charge on any atom is 0.229 e. The van der Waals surface area contributed by atoms with Crippen molar-refractivity contribution in [2.24, 2.45) is 5.92 Å². The minimum Gasteiger partial charge on any atom is -0.354 e. The summed E-state index contributed by atoms with van der Waals surface area (Å²) in [5, 5.41) is 8.20. The Hall–Kier alpha value is -1.43. The Morgan fingerprint density at radius 2 is 2.32 bits per heavy atom. The minimum atomic E-state index is -0.254. The third kappa shape index (κ3) is 3.53. The van der Waals surface area contributed by atoms with E-state index in [1.807, 2.05) is 12.3 Å². The molecule has 2 N–H and O–H groups in total. The smallest absolute Gasteiger partial charge is 0.229 e. The number of carbonyl (C=O) groups is 2. The first-order valence-electron chi connectivity index (χ1n) is 6.51. The molecule has 2 atom stereocenters. The van der Waals surface area contributed by atoms with Crippen molar-refractivity contribution < 1.29 is 9.59 Å². The summed E-state index contributed by atoms with van der Waals surface area (Å²) < 4.78 is 0. The molecule has 2 rings (SSSR count). The van der Waals surface area contributed by atoms with E-state index in [0.717, 1.165) is 5.69 Å². The number of piperidine rings is 1. The maximum atomic E-state index is 12.1. The summed E-state index contributed by atoms with van der Waals surface area (Å²) in [4.78, 5) is 27.9. The molecule has 19 heavy (non-hydrogen) atoms. The fourth-order valence-corrected chi connectivity index (χ4v) is 3.02. The van der Waals surface area contributed by atoms with Gasteiger partial charge in [-0.2, -0.15) is 0 Å². The van der Waals surface area contributed by atoms with E-state index in [4.69, 9.17) is 0 Å². The summed E-state index contributed by atoms with van der Waals surface area (Å²) in [6.45, 7) is 6.04. The molecule has 0 aromatic carbocycles. The number of thiazole rings is 1. The number of hydrogen-bond acceptors (Lipinski definition) is 4. The highest BCUT2D eigenvalue weighted by atomic mass is 32.1. The fourth-order valence-electron chi connectivity index (χ4n) is 2.14. The van der Waals surface area contributed by atoms with Crippen molar-refractivity contribution in [2.45, 2.75) is 45.6 Å². The van der Waals surface area contributed by atoms with E-state index >= 15 is 0 Å². The molecule has 1 aliphatic heterocycles. The zero-order valence-electron chi connectivity index (χ0n) is 11.4. The van der Waals surface area contributed by atoms with Crippen molar-refractivity contribution in [3.8, 4) is 0 Å². The molecule has 1 aromatic rings. The number of rotatable bonds is 3. The monoisotopic (exact) mass is 281 g/mol. The third-order valence-electron chi connectivity index (χ3n) is 3.19. The molecule has 6 heteroatoms. The van der Waals surface area contributed by atoms with Crippen LogP contribution in [0, 0.1) is 5.92 Å². The lowest BCUT2D eigenvalue weighted by molar-refractivity contribution is -0.130. The van der Waals surface area contributed by atoms with Gasteiger partial charge in [0, 0.05) is 23.8 Å². The number of nitrogens with one attached hydrogen (secondary N) is 2. The highest BCUT2D eigenvalue weighted by molar-refractivity contribution is 7.13. The Morgan fingerprint density at radius 3 is 2.89 bits per heavy atom. The predicted octanol–water partition coefficient (Wildman–Crippen LogP) is 2.12. The number of nitrogens with zero attached hydrogens (tertiary/aromatic N) is 1. The zero-order chi connectivity index (χ0) is 14.0. The van der Waals surface area contributed by atoms with Crippen LogP contribution in [0.25, 0.3) is 0 Å². The highest BCUT2D eigenvalue weighted by Gasteiger charge is 2.29. The van der Waals surface area contributed by atoms with Gasteiger partial charge < -0.3 is 10.6 Å². The molecule has 2 amide bonds. The summed E-state index contributed by atoms with van der Waals surface area (Å²) in [7, 11) is 0. The molecular weight excluding hydrogens is 262 g/mol. The number of carbonyl (C=O) groups excluding carboxylic acids is 2. The van der Waals surface area contributed by atoms with Crippen LogP contribution in [0.15, 0.2) is 5.38 Å². The lowest BCUT2D eigenvalue weighted by Crippen LogP contribution is -2.44. The third-order valence-corrected chi connectivity index (χ3v) is 3.97. The summed E-state index contributed by atoms with van der Waals surface area (Å²) in [5.41, 5.74) is 0.982. The van der Waals surface area contributed by atoms with Crippen LogP contribution in [-0.2, 0) is 9.59 Å². The molecule has 1 aromatic heterocycles. The fraction of sp³-hybridized carbons (Fsp3) is 0.615. The summed E-state index contributed by atoms with van der Waals surface area (Å²) in [6, 6.07) is 0.0551. The molecule has 0 bridgehead atoms. The molecule has 0 radical (unpaired) electrons. The van der Waals surface area contributed by atoms with E-state index in [0.29, 0.717) is 17.5 Å². The molecule has 104 valence electrons. The lowest BCUT2D eigenvalue weighted by Gasteiger charge is -2.26. The van der Waals surface area contributed by atoms with Crippen molar-refractivity contribution in [1.29, 1.82) is 0 Å². The van der Waals surface area contributed by atoms with Crippen molar-refractivity contribution in [3.63, 3.8) is 0 Å². The van der Waals surface area contributed by atoms with E-state index in [2.05, 4.69) is 29.5 Å². The Balaban J connectivity index is 1.98. The summed E-state index contributed by atoms with van der Waals surface area (Å²) in [5.74, 6) is -0.0650. The molecule has 1 fully saturated rings. The quantitative estimate of drug-likeness (QED) is 0.891. The standard InChI is InChI=1S/C13H19N3O2S/c1-7(2)10-6-19-13(15-10)16-12(18)9-4-8(3)14-11(17)5-9/h6-9H,4-5H2,1-3H3,(H,14,17)(H,15,16,18)/t8-,9+/m0/s1. The highest BCUT2D eigenvalue weighted by Crippen LogP contribution is 2.24. The van der Waals surface area contributed by atoms with E-state index in [1.54, 1.807) is 0 Å². The van der Waals surface area contributed by atoms with Gasteiger partial charge in [-0.1, -0.05) is 13.8 Å². The predicted molar refractivity (Wildman–Crippen MR) is 75.2 cm³/mol. The van der Waals surface area contributed by atoms with E-state index in [-0.39, 0.29) is 30.2 Å². The van der Waals surface area contributed by atoms with Gasteiger partial charge in [0.1, 0.15) is 0 Å². The Labute approximate surface area is 116 Å². The van der Waals surface area contributed by atoms with Crippen LogP contribution in [0.5, 0.6) is 0 Å². The summed E-state index contributed by atoms with van der Waals surface area (Å²) >= 11 is 1.43.